The van der Waals surface area contributed by atoms with E-state index >= 15 is 0 Å². The van der Waals surface area contributed by atoms with Crippen LogP contribution in [0.15, 0.2) is 42.5 Å². The van der Waals surface area contributed by atoms with Gasteiger partial charge >= 0.3 is 0 Å². The number of para-hydroxylation sites is 2. The fourth-order valence-corrected chi connectivity index (χ4v) is 3.48. The Hall–Kier alpha value is -3.09. The summed E-state index contributed by atoms with van der Waals surface area (Å²) in [6, 6.07) is 10.8. The number of hydrogen-bond acceptors (Lipinski definition) is 4. The van der Waals surface area contributed by atoms with Crippen molar-refractivity contribution in [2.75, 3.05) is 13.2 Å². The monoisotopic (exact) mass is 369 g/mol. The van der Waals surface area contributed by atoms with Gasteiger partial charge in [-0.3, -0.25) is 4.79 Å². The standard InChI is InChI=1S/C20H20FN3O3/c21-13-8-9-14-15(11-13)23-20(22-14)16-5-3-4-10-24(16)19(26)12-27-18-7-2-1-6-17(18)25/h1-2,6-9,11,16,25H,3-5,10,12H2,(H,22,23)/t16-/m1/s1. The Morgan fingerprint density at radius 2 is 2.15 bits per heavy atom. The first-order chi connectivity index (χ1) is 13.1. The maximum Gasteiger partial charge on any atom is 0.261 e. The Labute approximate surface area is 155 Å². The Balaban J connectivity index is 1.52. The first-order valence-electron chi connectivity index (χ1n) is 8.97. The molecule has 1 amide bonds. The normalized spacial score (nSPS) is 17.2. The topological polar surface area (TPSA) is 78.5 Å². The molecule has 2 heterocycles. The summed E-state index contributed by atoms with van der Waals surface area (Å²) < 4.78 is 18.9. The third-order valence-electron chi connectivity index (χ3n) is 4.82. The van der Waals surface area contributed by atoms with Crippen molar-refractivity contribution in [1.29, 1.82) is 0 Å². The van der Waals surface area contributed by atoms with Gasteiger partial charge in [0.2, 0.25) is 0 Å². The minimum atomic E-state index is -0.328. The van der Waals surface area contributed by atoms with Crippen LogP contribution in [0.3, 0.4) is 0 Å². The maximum atomic E-state index is 13.4. The molecule has 0 unspecified atom stereocenters. The average Bonchev–Trinajstić information content (AvgIpc) is 3.10. The summed E-state index contributed by atoms with van der Waals surface area (Å²) in [5.74, 6) is 0.435. The van der Waals surface area contributed by atoms with Gasteiger partial charge in [0.05, 0.1) is 17.1 Å². The SMILES string of the molecule is O=C(COc1ccccc1O)N1CCCC[C@@H]1c1nc2ccc(F)cc2[nH]1. The number of carbonyl (C=O) groups excluding carboxylic acids is 1. The number of piperidine rings is 1. The van der Waals surface area contributed by atoms with Crippen molar-refractivity contribution in [1.82, 2.24) is 14.9 Å². The van der Waals surface area contributed by atoms with E-state index in [1.165, 1.54) is 18.2 Å². The van der Waals surface area contributed by atoms with E-state index in [1.54, 1.807) is 29.2 Å². The second-order valence-corrected chi connectivity index (χ2v) is 6.64. The van der Waals surface area contributed by atoms with Gasteiger partial charge in [0.1, 0.15) is 11.6 Å². The third kappa shape index (κ3) is 3.58. The molecule has 0 radical (unpaired) electrons. The number of imidazole rings is 1. The lowest BCUT2D eigenvalue weighted by Crippen LogP contribution is -2.41. The Morgan fingerprint density at radius 3 is 3.00 bits per heavy atom. The number of nitrogens with one attached hydrogen (secondary N) is 1. The number of aromatic amines is 1. The number of phenolic OH excluding ortho intramolecular Hbond substituents is 1. The van der Waals surface area contributed by atoms with Crippen molar-refractivity contribution in [3.63, 3.8) is 0 Å². The van der Waals surface area contributed by atoms with E-state index < -0.39 is 0 Å². The molecule has 2 aromatic carbocycles. The quantitative estimate of drug-likeness (QED) is 0.737. The predicted molar refractivity (Wildman–Crippen MR) is 98.0 cm³/mol. The van der Waals surface area contributed by atoms with Gasteiger partial charge in [-0.2, -0.15) is 0 Å². The van der Waals surface area contributed by atoms with Crippen molar-refractivity contribution in [2.45, 2.75) is 25.3 Å². The molecule has 6 nitrogen and oxygen atoms in total. The molecule has 1 atom stereocenters. The van der Waals surface area contributed by atoms with Gasteiger partial charge in [0.15, 0.2) is 18.1 Å². The van der Waals surface area contributed by atoms with Crippen molar-refractivity contribution in [2.24, 2.45) is 0 Å². The molecule has 4 rings (SSSR count). The van der Waals surface area contributed by atoms with Gasteiger partial charge in [-0.05, 0) is 49.6 Å². The second kappa shape index (κ2) is 7.26. The highest BCUT2D eigenvalue weighted by Gasteiger charge is 2.30. The van der Waals surface area contributed by atoms with Crippen LogP contribution in [-0.4, -0.2) is 39.0 Å². The van der Waals surface area contributed by atoms with E-state index in [1.807, 2.05) is 0 Å². The van der Waals surface area contributed by atoms with Crippen LogP contribution in [0.4, 0.5) is 4.39 Å². The summed E-state index contributed by atoms with van der Waals surface area (Å²) in [6.07, 6.45) is 2.68. The van der Waals surface area contributed by atoms with Gasteiger partial charge in [-0.1, -0.05) is 12.1 Å². The zero-order valence-electron chi connectivity index (χ0n) is 14.7. The number of rotatable bonds is 4. The number of ether oxygens (including phenoxy) is 1. The minimum absolute atomic E-state index is 0.000181. The number of aromatic hydroxyl groups is 1. The molecular weight excluding hydrogens is 349 g/mol. The zero-order chi connectivity index (χ0) is 18.8. The van der Waals surface area contributed by atoms with E-state index in [9.17, 15) is 14.3 Å². The molecule has 0 aliphatic carbocycles. The number of carbonyl (C=O) groups is 1. The lowest BCUT2D eigenvalue weighted by atomic mass is 10.0. The fraction of sp³-hybridized carbons (Fsp3) is 0.300. The summed E-state index contributed by atoms with van der Waals surface area (Å²) >= 11 is 0. The molecule has 7 heteroatoms. The number of H-pyrrole nitrogens is 1. The number of amides is 1. The van der Waals surface area contributed by atoms with Crippen molar-refractivity contribution in [3.8, 4) is 11.5 Å². The molecule has 1 aliphatic heterocycles. The molecule has 1 aromatic heterocycles. The lowest BCUT2D eigenvalue weighted by Gasteiger charge is -2.34. The molecule has 2 N–H and O–H groups in total. The maximum absolute atomic E-state index is 13.4. The van der Waals surface area contributed by atoms with Crippen LogP contribution in [-0.2, 0) is 4.79 Å². The predicted octanol–water partition coefficient (Wildman–Crippen LogP) is 3.54. The van der Waals surface area contributed by atoms with E-state index in [-0.39, 0.29) is 35.9 Å². The molecular formula is C20H20FN3O3. The van der Waals surface area contributed by atoms with Crippen LogP contribution in [0.1, 0.15) is 31.1 Å². The van der Waals surface area contributed by atoms with Crippen molar-refractivity contribution in [3.05, 3.63) is 54.1 Å². The van der Waals surface area contributed by atoms with Crippen LogP contribution in [0.2, 0.25) is 0 Å². The third-order valence-corrected chi connectivity index (χ3v) is 4.82. The second-order valence-electron chi connectivity index (χ2n) is 6.64. The molecule has 1 fully saturated rings. The van der Waals surface area contributed by atoms with E-state index in [0.29, 0.717) is 23.4 Å². The van der Waals surface area contributed by atoms with E-state index in [4.69, 9.17) is 4.74 Å². The average molecular weight is 369 g/mol. The Morgan fingerprint density at radius 1 is 1.30 bits per heavy atom. The molecule has 140 valence electrons. The molecule has 0 spiro atoms. The number of fused-ring (bicyclic) bond motifs is 1. The lowest BCUT2D eigenvalue weighted by molar-refractivity contribution is -0.137. The smallest absolute Gasteiger partial charge is 0.261 e. The number of likely N-dealkylation sites (tertiary alicyclic amines) is 1. The van der Waals surface area contributed by atoms with Crippen LogP contribution in [0.25, 0.3) is 11.0 Å². The highest BCUT2D eigenvalue weighted by atomic mass is 19.1. The van der Waals surface area contributed by atoms with Crippen LogP contribution < -0.4 is 4.74 Å². The summed E-state index contributed by atoms with van der Waals surface area (Å²) in [5, 5.41) is 9.77. The number of phenols is 1. The summed E-state index contributed by atoms with van der Waals surface area (Å²) in [5.41, 5.74) is 1.29. The first kappa shape index (κ1) is 17.3. The Kier molecular flexibility index (Phi) is 4.66. The molecule has 0 bridgehead atoms. The molecule has 3 aromatic rings. The fourth-order valence-electron chi connectivity index (χ4n) is 3.48. The highest BCUT2D eigenvalue weighted by molar-refractivity contribution is 5.79. The molecule has 1 aliphatic rings. The minimum Gasteiger partial charge on any atom is -0.504 e. The number of aromatic nitrogens is 2. The molecule has 0 saturated carbocycles. The van der Waals surface area contributed by atoms with Crippen molar-refractivity contribution >= 4 is 16.9 Å². The number of hydrogen-bond donors (Lipinski definition) is 2. The summed E-state index contributed by atoms with van der Waals surface area (Å²) in [6.45, 7) is 0.446. The molecule has 1 saturated heterocycles. The zero-order valence-corrected chi connectivity index (χ0v) is 14.7. The van der Waals surface area contributed by atoms with Gasteiger partial charge in [0.25, 0.3) is 5.91 Å². The largest absolute Gasteiger partial charge is 0.504 e. The number of benzene rings is 2. The van der Waals surface area contributed by atoms with Gasteiger partial charge in [-0.25, -0.2) is 9.37 Å². The highest BCUT2D eigenvalue weighted by Crippen LogP contribution is 2.31. The van der Waals surface area contributed by atoms with Gasteiger partial charge < -0.3 is 19.7 Å². The van der Waals surface area contributed by atoms with E-state index in [0.717, 1.165) is 19.3 Å². The van der Waals surface area contributed by atoms with Crippen LogP contribution in [0.5, 0.6) is 11.5 Å². The first-order valence-corrected chi connectivity index (χ1v) is 8.97. The number of nitrogens with zero attached hydrogens (tertiary/aromatic N) is 2. The number of halogens is 1. The van der Waals surface area contributed by atoms with Crippen LogP contribution >= 0.6 is 0 Å². The summed E-state index contributed by atoms with van der Waals surface area (Å²) in [7, 11) is 0. The summed E-state index contributed by atoms with van der Waals surface area (Å²) in [4.78, 5) is 22.2. The van der Waals surface area contributed by atoms with Gasteiger partial charge in [0, 0.05) is 6.54 Å². The Bertz CT molecular complexity index is 972. The molecule has 27 heavy (non-hydrogen) atoms. The van der Waals surface area contributed by atoms with Gasteiger partial charge in [-0.15, -0.1) is 0 Å². The van der Waals surface area contributed by atoms with Crippen molar-refractivity contribution < 1.29 is 19.0 Å². The van der Waals surface area contributed by atoms with Crippen LogP contribution in [0, 0.1) is 5.82 Å². The van der Waals surface area contributed by atoms with E-state index in [2.05, 4.69) is 9.97 Å².